The molecule has 1 N–H and O–H groups in total. The number of nitro benzene ring substituents is 1. The molecule has 4 aromatic rings. The van der Waals surface area contributed by atoms with E-state index in [2.05, 4.69) is 10.2 Å². The van der Waals surface area contributed by atoms with E-state index < -0.39 is 28.4 Å². The fourth-order valence-electron chi connectivity index (χ4n) is 3.77. The van der Waals surface area contributed by atoms with Crippen LogP contribution in [-0.2, 0) is 4.79 Å². The number of Topliss-reactive ketones (excluding diaryl/α,β-unsaturated/α-hetero) is 1. The summed E-state index contributed by atoms with van der Waals surface area (Å²) >= 11 is 1.09. The molecule has 1 atom stereocenters. The number of furan rings is 1. The summed E-state index contributed by atoms with van der Waals surface area (Å²) in [6, 6.07) is 12.9. The summed E-state index contributed by atoms with van der Waals surface area (Å²) in [7, 11) is 0. The van der Waals surface area contributed by atoms with Gasteiger partial charge in [0.25, 0.3) is 11.6 Å². The van der Waals surface area contributed by atoms with Crippen molar-refractivity contribution >= 4 is 44.8 Å². The van der Waals surface area contributed by atoms with Crippen LogP contribution in [0.25, 0.3) is 11.0 Å². The number of aliphatic hydroxyl groups excluding tert-OH is 1. The van der Waals surface area contributed by atoms with Gasteiger partial charge in [0.05, 0.1) is 16.5 Å². The van der Waals surface area contributed by atoms with Crippen LogP contribution in [0.15, 0.2) is 70.3 Å². The van der Waals surface area contributed by atoms with Gasteiger partial charge in [-0.05, 0) is 24.6 Å². The lowest BCUT2D eigenvalue weighted by Gasteiger charge is -2.23. The molecule has 1 aliphatic rings. The Kier molecular flexibility index (Phi) is 4.75. The molecule has 5 rings (SSSR count). The molecule has 0 spiro atoms. The number of carbonyl (C=O) groups excluding carboxylic acids is 2. The van der Waals surface area contributed by atoms with Crippen molar-refractivity contribution in [2.24, 2.45) is 0 Å². The Labute approximate surface area is 189 Å². The van der Waals surface area contributed by atoms with Crippen molar-refractivity contribution in [3.8, 4) is 0 Å². The molecule has 0 saturated carbocycles. The number of non-ortho nitro benzene ring substituents is 1. The summed E-state index contributed by atoms with van der Waals surface area (Å²) < 4.78 is 5.66. The number of aromatic nitrogens is 2. The van der Waals surface area contributed by atoms with E-state index >= 15 is 0 Å². The maximum atomic E-state index is 13.5. The largest absolute Gasteiger partial charge is 0.503 e. The Morgan fingerprint density at radius 2 is 1.97 bits per heavy atom. The van der Waals surface area contributed by atoms with Gasteiger partial charge in [-0.2, -0.15) is 0 Å². The van der Waals surface area contributed by atoms with Crippen molar-refractivity contribution in [1.82, 2.24) is 10.2 Å². The molecule has 2 aromatic carbocycles. The summed E-state index contributed by atoms with van der Waals surface area (Å²) in [6.45, 7) is 1.69. The van der Waals surface area contributed by atoms with Crippen LogP contribution in [0.2, 0.25) is 0 Å². The fraction of sp³-hybridized carbons (Fsp3) is 0.0909. The molecular weight excluding hydrogens is 448 g/mol. The number of ketones is 1. The number of carbonyl (C=O) groups is 2. The lowest BCUT2D eigenvalue weighted by atomic mass is 9.95. The van der Waals surface area contributed by atoms with Crippen LogP contribution >= 0.6 is 11.3 Å². The predicted octanol–water partition coefficient (Wildman–Crippen LogP) is 4.28. The summed E-state index contributed by atoms with van der Waals surface area (Å²) in [5.74, 6) is -2.42. The van der Waals surface area contributed by atoms with Gasteiger partial charge in [0.15, 0.2) is 11.5 Å². The average Bonchev–Trinajstić information content (AvgIpc) is 3.50. The second-order valence-electron chi connectivity index (χ2n) is 7.27. The van der Waals surface area contributed by atoms with Crippen LogP contribution in [0, 0.1) is 17.0 Å². The monoisotopic (exact) mass is 462 g/mol. The first kappa shape index (κ1) is 20.5. The number of fused-ring (bicyclic) bond motifs is 1. The van der Waals surface area contributed by atoms with Crippen LogP contribution in [-0.4, -0.2) is 31.9 Å². The zero-order valence-corrected chi connectivity index (χ0v) is 17.8. The fourth-order valence-corrected chi connectivity index (χ4v) is 4.48. The predicted molar refractivity (Wildman–Crippen MR) is 118 cm³/mol. The van der Waals surface area contributed by atoms with Crippen molar-refractivity contribution in [2.75, 3.05) is 4.90 Å². The van der Waals surface area contributed by atoms with Gasteiger partial charge < -0.3 is 9.52 Å². The third-order valence-electron chi connectivity index (χ3n) is 5.22. The molecule has 0 unspecified atom stereocenters. The van der Waals surface area contributed by atoms with E-state index in [0.717, 1.165) is 16.2 Å². The van der Waals surface area contributed by atoms with E-state index in [1.807, 2.05) is 0 Å². The van der Waals surface area contributed by atoms with Gasteiger partial charge in [0.2, 0.25) is 10.9 Å². The van der Waals surface area contributed by atoms with E-state index in [4.69, 9.17) is 4.42 Å². The number of benzene rings is 2. The van der Waals surface area contributed by atoms with Crippen molar-refractivity contribution in [1.29, 1.82) is 0 Å². The van der Waals surface area contributed by atoms with E-state index in [0.29, 0.717) is 16.0 Å². The van der Waals surface area contributed by atoms with Crippen molar-refractivity contribution in [3.05, 3.63) is 92.4 Å². The zero-order chi connectivity index (χ0) is 23.3. The molecule has 0 saturated heterocycles. The molecule has 11 heteroatoms. The van der Waals surface area contributed by atoms with E-state index in [-0.39, 0.29) is 27.7 Å². The molecule has 0 bridgehead atoms. The van der Waals surface area contributed by atoms with E-state index in [1.54, 1.807) is 31.2 Å². The van der Waals surface area contributed by atoms with Crippen LogP contribution in [0.3, 0.4) is 0 Å². The second kappa shape index (κ2) is 7.64. The lowest BCUT2D eigenvalue weighted by molar-refractivity contribution is -0.384. The number of para-hydroxylation sites is 1. The Bertz CT molecular complexity index is 1450. The number of aryl methyl sites for hydroxylation is 1. The molecule has 2 aromatic heterocycles. The quantitative estimate of drug-likeness (QED) is 0.263. The third kappa shape index (κ3) is 3.34. The highest BCUT2D eigenvalue weighted by atomic mass is 32.1. The first-order valence-corrected chi connectivity index (χ1v) is 10.5. The van der Waals surface area contributed by atoms with E-state index in [9.17, 15) is 24.8 Å². The number of nitro groups is 1. The highest BCUT2D eigenvalue weighted by molar-refractivity contribution is 7.15. The Morgan fingerprint density at radius 3 is 2.67 bits per heavy atom. The van der Waals surface area contributed by atoms with Gasteiger partial charge in [-0.1, -0.05) is 41.7 Å². The number of hydrogen-bond acceptors (Lipinski definition) is 9. The Hall–Kier alpha value is -4.38. The van der Waals surface area contributed by atoms with Crippen LogP contribution < -0.4 is 4.90 Å². The van der Waals surface area contributed by atoms with Crippen LogP contribution in [0.5, 0.6) is 0 Å². The number of aliphatic hydroxyl groups is 1. The Morgan fingerprint density at radius 1 is 1.18 bits per heavy atom. The number of rotatable bonds is 5. The molecule has 33 heavy (non-hydrogen) atoms. The maximum absolute atomic E-state index is 13.5. The SMILES string of the molecule is Cc1nnc(N2C(=O)C(O)=C(C(=O)c3cc4ccccc4o3)[C@H]2c2cccc([N+](=O)[O-])c2)s1. The van der Waals surface area contributed by atoms with Gasteiger partial charge in [-0.3, -0.25) is 24.6 Å². The standard InChI is InChI=1S/C22H14N4O6S/c1-11-23-24-22(33-11)25-18(13-6-4-7-14(9-13)26(30)31)17(20(28)21(25)29)19(27)16-10-12-5-2-3-8-15(12)32-16/h2-10,18,28H,1H3/t18-/m1/s1. The molecule has 1 amide bonds. The number of nitrogens with zero attached hydrogens (tertiary/aromatic N) is 4. The number of hydrogen-bond donors (Lipinski definition) is 1. The number of amides is 1. The smallest absolute Gasteiger partial charge is 0.296 e. The van der Waals surface area contributed by atoms with Crippen molar-refractivity contribution < 1.29 is 24.0 Å². The van der Waals surface area contributed by atoms with Gasteiger partial charge >= 0.3 is 0 Å². The minimum atomic E-state index is -1.16. The molecular formula is C22H14N4O6S. The highest BCUT2D eigenvalue weighted by Crippen LogP contribution is 2.43. The first-order chi connectivity index (χ1) is 15.8. The molecule has 0 fully saturated rings. The van der Waals surface area contributed by atoms with Gasteiger partial charge in [0.1, 0.15) is 10.6 Å². The van der Waals surface area contributed by atoms with E-state index in [1.165, 1.54) is 30.3 Å². The maximum Gasteiger partial charge on any atom is 0.296 e. The molecule has 164 valence electrons. The van der Waals surface area contributed by atoms with Crippen molar-refractivity contribution in [2.45, 2.75) is 13.0 Å². The summed E-state index contributed by atoms with van der Waals surface area (Å²) in [6.07, 6.45) is 0. The number of anilines is 1. The van der Waals surface area contributed by atoms with Gasteiger partial charge in [0, 0.05) is 17.5 Å². The topological polar surface area (TPSA) is 140 Å². The van der Waals surface area contributed by atoms with Gasteiger partial charge in [-0.15, -0.1) is 10.2 Å². The first-order valence-electron chi connectivity index (χ1n) is 9.69. The van der Waals surface area contributed by atoms with Gasteiger partial charge in [-0.25, -0.2) is 0 Å². The molecule has 0 radical (unpaired) electrons. The van der Waals surface area contributed by atoms with Crippen molar-refractivity contribution in [3.63, 3.8) is 0 Å². The minimum Gasteiger partial charge on any atom is -0.503 e. The normalized spacial score (nSPS) is 16.1. The second-order valence-corrected chi connectivity index (χ2v) is 8.43. The summed E-state index contributed by atoms with van der Waals surface area (Å²) in [5.41, 5.74) is 0.241. The minimum absolute atomic E-state index is 0.0729. The van der Waals surface area contributed by atoms with Crippen LogP contribution in [0.1, 0.15) is 27.2 Å². The summed E-state index contributed by atoms with van der Waals surface area (Å²) in [4.78, 5) is 38.5. The molecule has 0 aliphatic carbocycles. The molecule has 10 nitrogen and oxygen atoms in total. The lowest BCUT2D eigenvalue weighted by Crippen LogP contribution is -2.31. The summed E-state index contributed by atoms with van der Waals surface area (Å²) in [5, 5.41) is 31.4. The zero-order valence-electron chi connectivity index (χ0n) is 17.0. The molecule has 3 heterocycles. The van der Waals surface area contributed by atoms with Crippen LogP contribution in [0.4, 0.5) is 10.8 Å². The molecule has 1 aliphatic heterocycles. The third-order valence-corrected chi connectivity index (χ3v) is 6.06. The highest BCUT2D eigenvalue weighted by Gasteiger charge is 2.47. The Balaban J connectivity index is 1.68. The average molecular weight is 462 g/mol.